The van der Waals surface area contributed by atoms with Gasteiger partial charge < -0.3 is 4.74 Å². The van der Waals surface area contributed by atoms with Gasteiger partial charge in [-0.15, -0.1) is 0 Å². The minimum Gasteiger partial charge on any atom is -0.491 e. The zero-order valence-corrected chi connectivity index (χ0v) is 14.5. The van der Waals surface area contributed by atoms with Gasteiger partial charge in [-0.25, -0.2) is 4.39 Å². The smallest absolute Gasteiger partial charge is 0.200 e. The first-order valence-electron chi connectivity index (χ1n) is 9.25. The van der Waals surface area contributed by atoms with E-state index < -0.39 is 11.6 Å². The molecule has 130 valence electrons. The highest BCUT2D eigenvalue weighted by molar-refractivity contribution is 5.31. The van der Waals surface area contributed by atoms with Crippen LogP contribution < -0.4 is 4.74 Å². The number of hydrogen-bond acceptors (Lipinski definition) is 1. The molecule has 3 heteroatoms. The molecule has 0 aromatic heterocycles. The summed E-state index contributed by atoms with van der Waals surface area (Å²) in [6.45, 7) is 4.37. The third kappa shape index (κ3) is 5.19. The summed E-state index contributed by atoms with van der Waals surface area (Å²) in [6.07, 6.45) is 10.7. The van der Waals surface area contributed by atoms with Gasteiger partial charge in [-0.05, 0) is 49.7 Å². The molecular formula is C20H30F2O. The first kappa shape index (κ1) is 18.2. The van der Waals surface area contributed by atoms with Gasteiger partial charge >= 0.3 is 0 Å². The third-order valence-electron chi connectivity index (χ3n) is 5.08. The Morgan fingerprint density at radius 1 is 1.00 bits per heavy atom. The molecule has 2 atom stereocenters. The highest BCUT2D eigenvalue weighted by atomic mass is 19.2. The number of rotatable bonds is 9. The summed E-state index contributed by atoms with van der Waals surface area (Å²) in [5.41, 5.74) is 0.473. The van der Waals surface area contributed by atoms with Crippen molar-refractivity contribution in [2.45, 2.75) is 71.6 Å². The van der Waals surface area contributed by atoms with Crippen LogP contribution in [-0.2, 0) is 6.42 Å². The fourth-order valence-corrected chi connectivity index (χ4v) is 3.89. The first-order chi connectivity index (χ1) is 11.2. The van der Waals surface area contributed by atoms with Gasteiger partial charge in [0.15, 0.2) is 11.6 Å². The molecule has 0 N–H and O–H groups in total. The van der Waals surface area contributed by atoms with Gasteiger partial charge in [-0.3, -0.25) is 0 Å². The molecule has 1 saturated carbocycles. The number of hydrogen-bond donors (Lipinski definition) is 0. The van der Waals surface area contributed by atoms with E-state index in [0.717, 1.165) is 24.7 Å². The van der Waals surface area contributed by atoms with Crippen LogP contribution in [-0.4, -0.2) is 6.61 Å². The SMILES string of the molecule is CCCC1CCC(CCCCc2ccc(OCC)c(F)c2F)C1. The standard InChI is InChI=1S/C20H30F2O/c1-3-7-15-10-11-16(14-15)8-5-6-9-17-12-13-18(23-4-2)20(22)19(17)21/h12-13,15-16H,3-11,14H2,1-2H3. The lowest BCUT2D eigenvalue weighted by molar-refractivity contribution is 0.313. The average Bonchev–Trinajstić information content (AvgIpc) is 2.98. The number of unbranched alkanes of at least 4 members (excludes halogenated alkanes) is 1. The second kappa shape index (κ2) is 9.24. The summed E-state index contributed by atoms with van der Waals surface area (Å²) >= 11 is 0. The molecule has 0 spiro atoms. The Morgan fingerprint density at radius 2 is 1.74 bits per heavy atom. The Bertz CT molecular complexity index is 487. The molecule has 1 aliphatic carbocycles. The van der Waals surface area contributed by atoms with Crippen molar-refractivity contribution >= 4 is 0 Å². The maximum absolute atomic E-state index is 14.0. The lowest BCUT2D eigenvalue weighted by Gasteiger charge is -2.11. The van der Waals surface area contributed by atoms with Crippen LogP contribution in [0.15, 0.2) is 12.1 Å². The van der Waals surface area contributed by atoms with E-state index in [2.05, 4.69) is 6.92 Å². The van der Waals surface area contributed by atoms with Crippen molar-refractivity contribution in [2.24, 2.45) is 11.8 Å². The van der Waals surface area contributed by atoms with Crippen molar-refractivity contribution in [3.05, 3.63) is 29.3 Å². The monoisotopic (exact) mass is 324 g/mol. The van der Waals surface area contributed by atoms with Crippen LogP contribution in [0, 0.1) is 23.5 Å². The topological polar surface area (TPSA) is 9.23 Å². The van der Waals surface area contributed by atoms with E-state index in [1.807, 2.05) is 0 Å². The van der Waals surface area contributed by atoms with E-state index in [9.17, 15) is 8.78 Å². The number of benzene rings is 1. The summed E-state index contributed by atoms with van der Waals surface area (Å²) in [5.74, 6) is 0.222. The summed E-state index contributed by atoms with van der Waals surface area (Å²) in [5, 5.41) is 0. The van der Waals surface area contributed by atoms with Crippen molar-refractivity contribution in [3.8, 4) is 5.75 Å². The molecule has 2 rings (SSSR count). The van der Waals surface area contributed by atoms with Gasteiger partial charge in [0.2, 0.25) is 5.82 Å². The van der Waals surface area contributed by atoms with Crippen molar-refractivity contribution in [1.29, 1.82) is 0 Å². The van der Waals surface area contributed by atoms with E-state index >= 15 is 0 Å². The maximum atomic E-state index is 14.0. The van der Waals surface area contributed by atoms with Crippen molar-refractivity contribution < 1.29 is 13.5 Å². The van der Waals surface area contributed by atoms with Gasteiger partial charge in [0.1, 0.15) is 0 Å². The molecule has 1 fully saturated rings. The quantitative estimate of drug-likeness (QED) is 0.485. The number of aryl methyl sites for hydroxylation is 1. The lowest BCUT2D eigenvalue weighted by Crippen LogP contribution is -2.01. The van der Waals surface area contributed by atoms with Crippen LogP contribution in [0.3, 0.4) is 0 Å². The fourth-order valence-electron chi connectivity index (χ4n) is 3.89. The van der Waals surface area contributed by atoms with Gasteiger partial charge in [0, 0.05) is 0 Å². The Hall–Kier alpha value is -1.12. The molecule has 1 nitrogen and oxygen atoms in total. The molecule has 1 aliphatic rings. The molecule has 1 aromatic carbocycles. The van der Waals surface area contributed by atoms with Crippen molar-refractivity contribution in [1.82, 2.24) is 0 Å². The Kier molecular flexibility index (Phi) is 7.32. The summed E-state index contributed by atoms with van der Waals surface area (Å²) < 4.78 is 32.9. The molecule has 0 heterocycles. The molecule has 0 amide bonds. The van der Waals surface area contributed by atoms with Crippen LogP contribution >= 0.6 is 0 Å². The average molecular weight is 324 g/mol. The van der Waals surface area contributed by atoms with Crippen LogP contribution in [0.25, 0.3) is 0 Å². The fraction of sp³-hybridized carbons (Fsp3) is 0.700. The molecule has 0 aliphatic heterocycles. The molecular weight excluding hydrogens is 294 g/mol. The number of ether oxygens (including phenoxy) is 1. The van der Waals surface area contributed by atoms with E-state index in [0.29, 0.717) is 18.6 Å². The molecule has 1 aromatic rings. The van der Waals surface area contributed by atoms with E-state index in [4.69, 9.17) is 4.74 Å². The van der Waals surface area contributed by atoms with Gasteiger partial charge in [-0.2, -0.15) is 4.39 Å². The van der Waals surface area contributed by atoms with Crippen molar-refractivity contribution in [2.75, 3.05) is 6.61 Å². The van der Waals surface area contributed by atoms with Crippen LogP contribution in [0.1, 0.15) is 70.8 Å². The third-order valence-corrected chi connectivity index (χ3v) is 5.08. The van der Waals surface area contributed by atoms with Crippen LogP contribution in [0.4, 0.5) is 8.78 Å². The van der Waals surface area contributed by atoms with Gasteiger partial charge in [0.25, 0.3) is 0 Å². The lowest BCUT2D eigenvalue weighted by atomic mass is 9.95. The largest absolute Gasteiger partial charge is 0.491 e. The van der Waals surface area contributed by atoms with Crippen molar-refractivity contribution in [3.63, 3.8) is 0 Å². The van der Waals surface area contributed by atoms with Gasteiger partial charge in [0.05, 0.1) is 6.61 Å². The van der Waals surface area contributed by atoms with E-state index in [1.54, 1.807) is 19.1 Å². The maximum Gasteiger partial charge on any atom is 0.200 e. The van der Waals surface area contributed by atoms with E-state index in [1.165, 1.54) is 38.5 Å². The first-order valence-corrected chi connectivity index (χ1v) is 9.25. The minimum absolute atomic E-state index is 0.0154. The summed E-state index contributed by atoms with van der Waals surface area (Å²) in [7, 11) is 0. The second-order valence-electron chi connectivity index (χ2n) is 6.86. The van der Waals surface area contributed by atoms with E-state index in [-0.39, 0.29) is 5.75 Å². The second-order valence-corrected chi connectivity index (χ2v) is 6.86. The molecule has 0 saturated heterocycles. The zero-order chi connectivity index (χ0) is 16.7. The molecule has 0 bridgehead atoms. The molecule has 2 unspecified atom stereocenters. The minimum atomic E-state index is -0.845. The van der Waals surface area contributed by atoms with Crippen LogP contribution in [0.5, 0.6) is 5.75 Å². The predicted octanol–water partition coefficient (Wildman–Crippen LogP) is 6.29. The number of halogens is 2. The Balaban J connectivity index is 1.73. The summed E-state index contributed by atoms with van der Waals surface area (Å²) in [4.78, 5) is 0. The predicted molar refractivity (Wildman–Crippen MR) is 90.8 cm³/mol. The van der Waals surface area contributed by atoms with Gasteiger partial charge in [-0.1, -0.05) is 51.5 Å². The van der Waals surface area contributed by atoms with Crippen LogP contribution in [0.2, 0.25) is 0 Å². The summed E-state index contributed by atoms with van der Waals surface area (Å²) in [6, 6.07) is 3.21. The highest BCUT2D eigenvalue weighted by Crippen LogP contribution is 2.36. The highest BCUT2D eigenvalue weighted by Gasteiger charge is 2.23. The Morgan fingerprint density at radius 3 is 2.43 bits per heavy atom. The molecule has 23 heavy (non-hydrogen) atoms. The zero-order valence-electron chi connectivity index (χ0n) is 14.5. The normalized spacial score (nSPS) is 20.9. The molecule has 0 radical (unpaired) electrons. The Labute approximate surface area is 139 Å².